The Morgan fingerprint density at radius 3 is 2.67 bits per heavy atom. The molecule has 10 nitrogen and oxygen atoms in total. The Balaban J connectivity index is 1.24. The molecule has 0 radical (unpaired) electrons. The van der Waals surface area contributed by atoms with Crippen molar-refractivity contribution in [3.8, 4) is 23.0 Å². The third-order valence-electron chi connectivity index (χ3n) is 8.58. The normalized spacial score (nSPS) is 21.9. The first kappa shape index (κ1) is 26.6. The van der Waals surface area contributed by atoms with E-state index in [4.69, 9.17) is 13.9 Å². The van der Waals surface area contributed by atoms with Gasteiger partial charge in [0, 0.05) is 48.8 Å². The fourth-order valence-corrected chi connectivity index (χ4v) is 7.22. The molecule has 1 saturated heterocycles. The number of hydrogen-bond donors (Lipinski definition) is 1. The second-order valence-corrected chi connectivity index (χ2v) is 13.3. The number of sulfonamides is 1. The van der Waals surface area contributed by atoms with Crippen LogP contribution in [0.4, 0.5) is 5.69 Å². The van der Waals surface area contributed by atoms with Gasteiger partial charge in [0.25, 0.3) is 5.91 Å². The number of rotatable bonds is 5. The number of fused-ring (bicyclic) bond motifs is 4. The van der Waals surface area contributed by atoms with E-state index in [9.17, 15) is 13.2 Å². The first-order chi connectivity index (χ1) is 19.1. The molecule has 0 saturated carbocycles. The van der Waals surface area contributed by atoms with Gasteiger partial charge in [0.15, 0.2) is 5.69 Å². The lowest BCUT2D eigenvalue weighted by molar-refractivity contribution is 0.0692. The maximum Gasteiger partial charge on any atom is 0.275 e. The third kappa shape index (κ3) is 4.32. The highest BCUT2D eigenvalue weighted by atomic mass is 32.2. The molecule has 3 aliphatic rings. The van der Waals surface area contributed by atoms with Crippen LogP contribution in [0.3, 0.4) is 0 Å². The van der Waals surface area contributed by atoms with E-state index < -0.39 is 10.0 Å². The molecule has 3 aromatic rings. The van der Waals surface area contributed by atoms with Crippen molar-refractivity contribution in [3.05, 3.63) is 59.5 Å². The molecule has 0 unspecified atom stereocenters. The Bertz CT molecular complexity index is 1540. The van der Waals surface area contributed by atoms with Crippen LogP contribution in [-0.4, -0.2) is 74.2 Å². The number of benzene rings is 2. The second-order valence-electron chi connectivity index (χ2n) is 11.0. The monoisotopic (exact) mass is 566 g/mol. The van der Waals surface area contributed by atoms with E-state index in [1.807, 2.05) is 30.3 Å². The van der Waals surface area contributed by atoms with Gasteiger partial charge in [-0.2, -0.15) is 4.31 Å². The lowest BCUT2D eigenvalue weighted by Crippen LogP contribution is -2.50. The summed E-state index contributed by atoms with van der Waals surface area (Å²) in [5.41, 5.74) is 3.92. The number of ether oxygens (including phenoxy) is 2. The Morgan fingerprint density at radius 1 is 1.18 bits per heavy atom. The average molecular weight is 567 g/mol. The number of methoxy groups -OCH3 is 1. The molecule has 1 aromatic heterocycles. The van der Waals surface area contributed by atoms with Gasteiger partial charge in [-0.25, -0.2) is 13.4 Å². The van der Waals surface area contributed by atoms with Crippen molar-refractivity contribution in [2.24, 2.45) is 5.92 Å². The van der Waals surface area contributed by atoms with Crippen molar-refractivity contribution in [1.29, 1.82) is 0 Å². The fraction of sp³-hybridized carbons (Fsp3) is 0.448. The molecular formula is C29H34N4O6S. The van der Waals surface area contributed by atoms with E-state index in [1.54, 1.807) is 18.9 Å². The first-order valence-corrected chi connectivity index (χ1v) is 15.2. The number of nitrogens with one attached hydrogen (secondary N) is 1. The van der Waals surface area contributed by atoms with E-state index in [-0.39, 0.29) is 47.8 Å². The number of nitrogens with zero attached hydrogens (tertiary/aromatic N) is 3. The summed E-state index contributed by atoms with van der Waals surface area (Å²) in [7, 11) is -1.59. The van der Waals surface area contributed by atoms with Gasteiger partial charge in [-0.15, -0.1) is 0 Å². The molecule has 0 spiro atoms. The molecular weight excluding hydrogens is 532 g/mol. The van der Waals surface area contributed by atoms with Crippen molar-refractivity contribution in [2.45, 2.75) is 32.2 Å². The molecule has 2 atom stereocenters. The largest absolute Gasteiger partial charge is 0.496 e. The number of carbonyl (C=O) groups is 1. The van der Waals surface area contributed by atoms with Gasteiger partial charge in [-0.1, -0.05) is 19.9 Å². The van der Waals surface area contributed by atoms with Crippen molar-refractivity contribution in [2.75, 3.05) is 51.0 Å². The number of amides is 1. The van der Waals surface area contributed by atoms with Crippen LogP contribution in [0.5, 0.6) is 11.5 Å². The predicted octanol–water partition coefficient (Wildman–Crippen LogP) is 3.91. The van der Waals surface area contributed by atoms with Crippen LogP contribution < -0.4 is 14.8 Å². The molecule has 1 fully saturated rings. The Labute approximate surface area is 234 Å². The number of aromatic nitrogens is 1. The van der Waals surface area contributed by atoms with Crippen LogP contribution >= 0.6 is 0 Å². The molecule has 0 bridgehead atoms. The molecule has 1 amide bonds. The smallest absolute Gasteiger partial charge is 0.275 e. The molecule has 2 aromatic carbocycles. The lowest BCUT2D eigenvalue weighted by atomic mass is 9.65. The van der Waals surface area contributed by atoms with Crippen LogP contribution in [-0.2, 0) is 15.4 Å². The van der Waals surface area contributed by atoms with E-state index in [2.05, 4.69) is 30.2 Å². The Morgan fingerprint density at radius 2 is 1.95 bits per heavy atom. The van der Waals surface area contributed by atoms with Crippen LogP contribution in [0.15, 0.2) is 47.1 Å². The lowest BCUT2D eigenvalue weighted by Gasteiger charge is -2.48. The second kappa shape index (κ2) is 9.81. The van der Waals surface area contributed by atoms with Gasteiger partial charge < -0.3 is 24.1 Å². The van der Waals surface area contributed by atoms with Crippen LogP contribution in [0.25, 0.3) is 11.5 Å². The number of carbonyl (C=O) groups excluding carboxylic acids is 1. The molecule has 6 rings (SSSR count). The van der Waals surface area contributed by atoms with E-state index in [1.165, 1.54) is 10.6 Å². The average Bonchev–Trinajstić information content (AvgIpc) is 3.46. The summed E-state index contributed by atoms with van der Waals surface area (Å²) in [6, 6.07) is 12.0. The third-order valence-corrected chi connectivity index (χ3v) is 10.5. The highest BCUT2D eigenvalue weighted by Gasteiger charge is 2.47. The molecule has 0 aliphatic carbocycles. The van der Waals surface area contributed by atoms with Crippen molar-refractivity contribution in [1.82, 2.24) is 14.2 Å². The summed E-state index contributed by atoms with van der Waals surface area (Å²) in [4.78, 5) is 19.3. The first-order valence-electron chi connectivity index (χ1n) is 13.6. The van der Waals surface area contributed by atoms with Crippen LogP contribution in [0.2, 0.25) is 0 Å². The minimum Gasteiger partial charge on any atom is -0.496 e. The van der Waals surface area contributed by atoms with Crippen LogP contribution in [0, 0.1) is 5.92 Å². The molecule has 212 valence electrons. The maximum absolute atomic E-state index is 13.1. The summed E-state index contributed by atoms with van der Waals surface area (Å²) in [6.45, 7) is 7.83. The van der Waals surface area contributed by atoms with Gasteiger partial charge in [-0.05, 0) is 42.8 Å². The highest BCUT2D eigenvalue weighted by molar-refractivity contribution is 7.89. The zero-order valence-electron chi connectivity index (χ0n) is 23.1. The fourth-order valence-electron chi connectivity index (χ4n) is 6.13. The van der Waals surface area contributed by atoms with E-state index in [0.717, 1.165) is 33.9 Å². The van der Waals surface area contributed by atoms with Crippen LogP contribution in [0.1, 0.15) is 48.4 Å². The zero-order valence-corrected chi connectivity index (χ0v) is 24.0. The SMILES string of the molecule is CCS(=O)(=O)N1CCN(C(=O)c2coc(-c3ccc4c(c3)C(C)(C)[C@H]3COc5cccc(OC)c5[C@H]3N4)n2)CC1. The van der Waals surface area contributed by atoms with E-state index >= 15 is 0 Å². The van der Waals surface area contributed by atoms with Crippen molar-refractivity contribution >= 4 is 21.6 Å². The number of oxazole rings is 1. The zero-order chi connectivity index (χ0) is 28.2. The van der Waals surface area contributed by atoms with E-state index in [0.29, 0.717) is 25.6 Å². The quantitative estimate of drug-likeness (QED) is 0.495. The standard InChI is InChI=1S/C29H34N4O6S/c1-5-40(35,36)33-13-11-32(12-14-33)28(34)22-17-39-27(31-22)18-9-10-21-19(15-18)29(2,3)20-16-38-24-8-6-7-23(37-4)25(24)26(20)30-21/h6-10,15,17,20,26,30H,5,11-14,16H2,1-4H3/t20-,26-/m0/s1. The van der Waals surface area contributed by atoms with Crippen molar-refractivity contribution in [3.63, 3.8) is 0 Å². The summed E-state index contributed by atoms with van der Waals surface area (Å²) in [5, 5.41) is 3.73. The minimum absolute atomic E-state index is 0.0343. The minimum atomic E-state index is -3.27. The number of anilines is 1. The Kier molecular flexibility index (Phi) is 6.53. The van der Waals surface area contributed by atoms with Gasteiger partial charge in [0.1, 0.15) is 17.8 Å². The molecule has 11 heteroatoms. The van der Waals surface area contributed by atoms with Gasteiger partial charge >= 0.3 is 0 Å². The summed E-state index contributed by atoms with van der Waals surface area (Å²) in [5.74, 6) is 1.95. The molecule has 40 heavy (non-hydrogen) atoms. The summed E-state index contributed by atoms with van der Waals surface area (Å²) in [6.07, 6.45) is 1.38. The van der Waals surface area contributed by atoms with Gasteiger partial charge in [-0.3, -0.25) is 4.79 Å². The van der Waals surface area contributed by atoms with Gasteiger partial charge in [0.05, 0.1) is 31.1 Å². The topological polar surface area (TPSA) is 114 Å². The highest BCUT2D eigenvalue weighted by Crippen LogP contribution is 2.54. The Hall–Kier alpha value is -3.57. The molecule has 1 N–H and O–H groups in total. The number of piperazine rings is 1. The maximum atomic E-state index is 13.1. The molecule has 3 aliphatic heterocycles. The summed E-state index contributed by atoms with van der Waals surface area (Å²) < 4.78 is 43.4. The summed E-state index contributed by atoms with van der Waals surface area (Å²) >= 11 is 0. The predicted molar refractivity (Wildman–Crippen MR) is 150 cm³/mol. The number of hydrogen-bond acceptors (Lipinski definition) is 8. The van der Waals surface area contributed by atoms with Crippen molar-refractivity contribution < 1.29 is 27.1 Å². The van der Waals surface area contributed by atoms with Gasteiger partial charge in [0.2, 0.25) is 15.9 Å². The molecule has 4 heterocycles.